The van der Waals surface area contributed by atoms with E-state index in [4.69, 9.17) is 11.6 Å². The number of fused-ring (bicyclic) bond motifs is 1. The van der Waals surface area contributed by atoms with Gasteiger partial charge in [0.15, 0.2) is 11.1 Å². The number of sulfone groups is 1. The predicted octanol–water partition coefficient (Wildman–Crippen LogP) is 3.75. The number of nitrogens with zero attached hydrogens (tertiary/aromatic N) is 3. The van der Waals surface area contributed by atoms with Gasteiger partial charge >= 0.3 is 0 Å². The monoisotopic (exact) mass is 386 g/mol. The number of aromatic nitrogens is 2. The molecule has 0 aliphatic heterocycles. The normalized spacial score (nSPS) is 12.5. The standard InChI is InChI=1S/C18H15ClN4O2S/c1-2-21-18-17(22-14-5-3-4-6-15(14)23-18)16(11-20)26(24,25)13-9-7-12(19)8-10-13/h3-10,16H,2H2,1H3,(H,21,23). The summed E-state index contributed by atoms with van der Waals surface area (Å²) in [6.45, 7) is 2.37. The Labute approximate surface area is 156 Å². The van der Waals surface area contributed by atoms with E-state index in [-0.39, 0.29) is 16.4 Å². The molecular weight excluding hydrogens is 372 g/mol. The summed E-state index contributed by atoms with van der Waals surface area (Å²) >= 11 is 5.83. The quantitative estimate of drug-likeness (QED) is 0.717. The first-order valence-electron chi connectivity index (χ1n) is 7.87. The number of para-hydroxylation sites is 2. The Balaban J connectivity index is 2.19. The molecule has 0 aliphatic rings. The molecule has 3 aromatic rings. The van der Waals surface area contributed by atoms with Crippen LogP contribution in [0.15, 0.2) is 53.4 Å². The van der Waals surface area contributed by atoms with Gasteiger partial charge in [0.1, 0.15) is 5.69 Å². The fraction of sp³-hybridized carbons (Fsp3) is 0.167. The van der Waals surface area contributed by atoms with Gasteiger partial charge in [-0.2, -0.15) is 5.26 Å². The zero-order valence-electron chi connectivity index (χ0n) is 13.8. The van der Waals surface area contributed by atoms with Gasteiger partial charge in [-0.25, -0.2) is 18.4 Å². The summed E-state index contributed by atoms with van der Waals surface area (Å²) in [6, 6.07) is 14.7. The SMILES string of the molecule is CCNc1nc2ccccc2nc1C(C#N)S(=O)(=O)c1ccc(Cl)cc1. The molecule has 3 rings (SSSR count). The molecule has 0 fully saturated rings. The molecule has 0 saturated heterocycles. The summed E-state index contributed by atoms with van der Waals surface area (Å²) in [5.74, 6) is 0.287. The van der Waals surface area contributed by atoms with Gasteiger partial charge in [-0.15, -0.1) is 0 Å². The van der Waals surface area contributed by atoms with Crippen LogP contribution in [0.2, 0.25) is 5.02 Å². The molecule has 8 heteroatoms. The van der Waals surface area contributed by atoms with Crippen LogP contribution in [0.3, 0.4) is 0 Å². The first-order valence-corrected chi connectivity index (χ1v) is 9.79. The average molecular weight is 387 g/mol. The maximum atomic E-state index is 13.0. The lowest BCUT2D eigenvalue weighted by molar-refractivity contribution is 0.590. The van der Waals surface area contributed by atoms with E-state index in [1.165, 1.54) is 24.3 Å². The van der Waals surface area contributed by atoms with Gasteiger partial charge in [0.25, 0.3) is 0 Å². The Morgan fingerprint density at radius 2 is 1.73 bits per heavy atom. The van der Waals surface area contributed by atoms with Crippen molar-refractivity contribution in [2.45, 2.75) is 17.1 Å². The van der Waals surface area contributed by atoms with Crippen molar-refractivity contribution >= 4 is 38.3 Å². The van der Waals surface area contributed by atoms with Gasteiger partial charge in [-0.1, -0.05) is 23.7 Å². The highest BCUT2D eigenvalue weighted by molar-refractivity contribution is 7.92. The van der Waals surface area contributed by atoms with E-state index in [0.717, 1.165) is 0 Å². The van der Waals surface area contributed by atoms with Crippen molar-refractivity contribution in [1.82, 2.24) is 9.97 Å². The summed E-state index contributed by atoms with van der Waals surface area (Å²) in [5.41, 5.74) is 1.23. The second-order valence-electron chi connectivity index (χ2n) is 5.48. The molecule has 0 spiro atoms. The van der Waals surface area contributed by atoms with Crippen molar-refractivity contribution in [3.05, 3.63) is 59.2 Å². The van der Waals surface area contributed by atoms with Crippen LogP contribution in [-0.2, 0) is 9.84 Å². The van der Waals surface area contributed by atoms with Crippen LogP contribution in [0.25, 0.3) is 11.0 Å². The minimum atomic E-state index is -3.99. The van der Waals surface area contributed by atoms with Crippen molar-refractivity contribution in [2.24, 2.45) is 0 Å². The second-order valence-corrected chi connectivity index (χ2v) is 7.95. The molecule has 0 bridgehead atoms. The van der Waals surface area contributed by atoms with E-state index in [1.54, 1.807) is 18.2 Å². The number of nitriles is 1. The molecule has 0 radical (unpaired) electrons. The number of benzene rings is 2. The van der Waals surface area contributed by atoms with E-state index in [9.17, 15) is 13.7 Å². The third-order valence-corrected chi connectivity index (χ3v) is 5.89. The van der Waals surface area contributed by atoms with Gasteiger partial charge in [0.05, 0.1) is 22.0 Å². The first kappa shape index (κ1) is 18.1. The first-order chi connectivity index (χ1) is 12.5. The fourth-order valence-electron chi connectivity index (χ4n) is 2.53. The van der Waals surface area contributed by atoms with Crippen LogP contribution in [0.5, 0.6) is 0 Å². The zero-order chi connectivity index (χ0) is 18.7. The summed E-state index contributed by atoms with van der Waals surface area (Å²) in [4.78, 5) is 8.87. The van der Waals surface area contributed by atoms with Gasteiger partial charge in [0, 0.05) is 11.6 Å². The zero-order valence-corrected chi connectivity index (χ0v) is 15.4. The molecule has 0 aliphatic carbocycles. The smallest absolute Gasteiger partial charge is 0.200 e. The van der Waals surface area contributed by atoms with Crippen LogP contribution in [0, 0.1) is 11.3 Å². The molecule has 1 aromatic heterocycles. The van der Waals surface area contributed by atoms with E-state index < -0.39 is 15.1 Å². The highest BCUT2D eigenvalue weighted by Gasteiger charge is 2.33. The predicted molar refractivity (Wildman–Crippen MR) is 101 cm³/mol. The average Bonchev–Trinajstić information content (AvgIpc) is 2.63. The Morgan fingerprint density at radius 3 is 2.31 bits per heavy atom. The van der Waals surface area contributed by atoms with E-state index >= 15 is 0 Å². The molecule has 6 nitrogen and oxygen atoms in total. The van der Waals surface area contributed by atoms with E-state index in [1.807, 2.05) is 19.1 Å². The van der Waals surface area contributed by atoms with Gasteiger partial charge in [-0.05, 0) is 43.3 Å². The minimum absolute atomic E-state index is 0.00542. The second kappa shape index (κ2) is 7.28. The molecule has 1 N–H and O–H groups in total. The van der Waals surface area contributed by atoms with Crippen molar-refractivity contribution in [3.63, 3.8) is 0 Å². The van der Waals surface area contributed by atoms with Crippen molar-refractivity contribution in [3.8, 4) is 6.07 Å². The van der Waals surface area contributed by atoms with Crippen molar-refractivity contribution in [1.29, 1.82) is 5.26 Å². The van der Waals surface area contributed by atoms with Crippen LogP contribution in [-0.4, -0.2) is 24.9 Å². The van der Waals surface area contributed by atoms with E-state index in [2.05, 4.69) is 15.3 Å². The van der Waals surface area contributed by atoms with E-state index in [0.29, 0.717) is 22.6 Å². The number of rotatable bonds is 5. The number of hydrogen-bond acceptors (Lipinski definition) is 6. The van der Waals surface area contributed by atoms with Gasteiger partial charge in [-0.3, -0.25) is 0 Å². The summed E-state index contributed by atoms with van der Waals surface area (Å²) in [7, 11) is -3.99. The molecule has 1 unspecified atom stereocenters. The lowest BCUT2D eigenvalue weighted by Crippen LogP contribution is -2.17. The highest BCUT2D eigenvalue weighted by Crippen LogP contribution is 2.32. The Bertz CT molecular complexity index is 1090. The van der Waals surface area contributed by atoms with Crippen LogP contribution < -0.4 is 5.32 Å². The largest absolute Gasteiger partial charge is 0.369 e. The molecule has 0 amide bonds. The molecule has 2 aromatic carbocycles. The lowest BCUT2D eigenvalue weighted by Gasteiger charge is -2.15. The molecular formula is C18H15ClN4O2S. The topological polar surface area (TPSA) is 95.7 Å². The van der Waals surface area contributed by atoms with Crippen molar-refractivity contribution < 1.29 is 8.42 Å². The minimum Gasteiger partial charge on any atom is -0.369 e. The van der Waals surface area contributed by atoms with Gasteiger partial charge < -0.3 is 5.32 Å². The fourth-order valence-corrected chi connectivity index (χ4v) is 4.04. The number of halogens is 1. The third kappa shape index (κ3) is 3.34. The summed E-state index contributed by atoms with van der Waals surface area (Å²) in [5, 5.41) is 11.6. The van der Waals surface area contributed by atoms with Crippen LogP contribution in [0.4, 0.5) is 5.82 Å². The lowest BCUT2D eigenvalue weighted by atomic mass is 10.2. The van der Waals surface area contributed by atoms with Crippen molar-refractivity contribution in [2.75, 3.05) is 11.9 Å². The summed E-state index contributed by atoms with van der Waals surface area (Å²) < 4.78 is 26.0. The molecule has 1 heterocycles. The maximum Gasteiger partial charge on any atom is 0.200 e. The Kier molecular flexibility index (Phi) is 5.07. The summed E-state index contributed by atoms with van der Waals surface area (Å²) in [6.07, 6.45) is 0. The third-order valence-electron chi connectivity index (χ3n) is 3.76. The molecule has 1 atom stereocenters. The molecule has 0 saturated carbocycles. The Morgan fingerprint density at radius 1 is 1.12 bits per heavy atom. The highest BCUT2D eigenvalue weighted by atomic mass is 35.5. The van der Waals surface area contributed by atoms with Crippen LogP contribution in [0.1, 0.15) is 17.9 Å². The van der Waals surface area contributed by atoms with Gasteiger partial charge in [0.2, 0.25) is 9.84 Å². The number of anilines is 1. The molecule has 26 heavy (non-hydrogen) atoms. The number of hydrogen-bond donors (Lipinski definition) is 1. The number of nitrogens with one attached hydrogen (secondary N) is 1. The van der Waals surface area contributed by atoms with Crippen LogP contribution >= 0.6 is 11.6 Å². The molecule has 132 valence electrons. The maximum absolute atomic E-state index is 13.0. The Hall–Kier alpha value is -2.69.